The van der Waals surface area contributed by atoms with E-state index in [1.54, 1.807) is 30.3 Å². The molecule has 0 bridgehead atoms. The van der Waals surface area contributed by atoms with Gasteiger partial charge in [-0.05, 0) is 42.5 Å². The van der Waals surface area contributed by atoms with E-state index in [0.717, 1.165) is 11.8 Å². The molecule has 3 aromatic carbocycles. The predicted molar refractivity (Wildman–Crippen MR) is 91.1 cm³/mol. The highest BCUT2D eigenvalue weighted by atomic mass is 16.5. The van der Waals surface area contributed by atoms with Gasteiger partial charge in [-0.15, -0.1) is 0 Å². The zero-order valence-electron chi connectivity index (χ0n) is 13.0. The lowest BCUT2D eigenvalue weighted by atomic mass is 9.89. The van der Waals surface area contributed by atoms with Crippen LogP contribution in [0.3, 0.4) is 0 Å². The van der Waals surface area contributed by atoms with Gasteiger partial charge in [0.25, 0.3) is 0 Å². The smallest absolute Gasteiger partial charge is 0.167 e. The van der Waals surface area contributed by atoms with Crippen molar-refractivity contribution in [2.45, 2.75) is 19.3 Å². The molecule has 0 amide bonds. The molecule has 4 heteroatoms. The summed E-state index contributed by atoms with van der Waals surface area (Å²) in [5.41, 5.74) is 1.10. The van der Waals surface area contributed by atoms with Gasteiger partial charge in [-0.25, -0.2) is 0 Å². The quantitative estimate of drug-likeness (QED) is 0.726. The molecule has 0 saturated carbocycles. The summed E-state index contributed by atoms with van der Waals surface area (Å²) < 4.78 is 6.00. The lowest BCUT2D eigenvalue weighted by Gasteiger charge is -2.20. The molecule has 0 atom stereocenters. The molecule has 120 valence electrons. The third kappa shape index (κ3) is 2.27. The number of aromatic hydroxyl groups is 2. The average Bonchev–Trinajstić information content (AvgIpc) is 2.58. The number of fused-ring (bicyclic) bond motifs is 2. The molecular formula is C20H16O4. The normalized spacial score (nSPS) is 13.8. The summed E-state index contributed by atoms with van der Waals surface area (Å²) in [4.78, 5) is 12.3. The molecule has 0 spiro atoms. The molecule has 4 nitrogen and oxygen atoms in total. The zero-order chi connectivity index (χ0) is 16.7. The van der Waals surface area contributed by atoms with E-state index in [1.807, 2.05) is 18.2 Å². The summed E-state index contributed by atoms with van der Waals surface area (Å²) in [6, 6.07) is 13.9. The van der Waals surface area contributed by atoms with E-state index in [9.17, 15) is 15.0 Å². The maximum absolute atomic E-state index is 12.3. The van der Waals surface area contributed by atoms with Gasteiger partial charge in [-0.1, -0.05) is 24.3 Å². The number of hydrogen-bond donors (Lipinski definition) is 2. The van der Waals surface area contributed by atoms with E-state index >= 15 is 0 Å². The van der Waals surface area contributed by atoms with Crippen molar-refractivity contribution in [3.8, 4) is 23.0 Å². The maximum atomic E-state index is 12.3. The minimum atomic E-state index is -0.0217. The first-order valence-electron chi connectivity index (χ1n) is 7.92. The highest BCUT2D eigenvalue weighted by Crippen LogP contribution is 2.40. The number of ether oxygens (including phenoxy) is 1. The first-order chi connectivity index (χ1) is 11.6. The van der Waals surface area contributed by atoms with Crippen molar-refractivity contribution in [2.75, 3.05) is 0 Å². The Bertz CT molecular complexity index is 954. The number of rotatable bonds is 2. The van der Waals surface area contributed by atoms with Gasteiger partial charge in [0, 0.05) is 12.0 Å². The Labute approximate surface area is 138 Å². The Hall–Kier alpha value is -3.01. The van der Waals surface area contributed by atoms with Gasteiger partial charge in [0.05, 0.1) is 10.9 Å². The van der Waals surface area contributed by atoms with Crippen LogP contribution in [0, 0.1) is 0 Å². The van der Waals surface area contributed by atoms with E-state index in [1.165, 1.54) is 0 Å². The van der Waals surface area contributed by atoms with Crippen LogP contribution in [-0.2, 0) is 6.42 Å². The molecule has 0 aromatic heterocycles. The van der Waals surface area contributed by atoms with Crippen molar-refractivity contribution in [1.29, 1.82) is 0 Å². The largest absolute Gasteiger partial charge is 0.508 e. The average molecular weight is 320 g/mol. The summed E-state index contributed by atoms with van der Waals surface area (Å²) in [7, 11) is 0. The van der Waals surface area contributed by atoms with Crippen molar-refractivity contribution < 1.29 is 19.7 Å². The van der Waals surface area contributed by atoms with Crippen LogP contribution in [0.15, 0.2) is 48.5 Å². The number of hydrogen-bond acceptors (Lipinski definition) is 4. The fourth-order valence-corrected chi connectivity index (χ4v) is 3.30. The van der Waals surface area contributed by atoms with Crippen molar-refractivity contribution in [1.82, 2.24) is 0 Å². The molecular weight excluding hydrogens is 304 g/mol. The minimum absolute atomic E-state index is 0.0217. The summed E-state index contributed by atoms with van der Waals surface area (Å²) >= 11 is 0. The van der Waals surface area contributed by atoms with Crippen LogP contribution in [-0.4, -0.2) is 16.0 Å². The van der Waals surface area contributed by atoms with Gasteiger partial charge in [0.1, 0.15) is 23.0 Å². The number of phenols is 2. The van der Waals surface area contributed by atoms with Gasteiger partial charge >= 0.3 is 0 Å². The van der Waals surface area contributed by atoms with Crippen LogP contribution in [0.4, 0.5) is 0 Å². The summed E-state index contributed by atoms with van der Waals surface area (Å²) in [6.45, 7) is 0. The SMILES string of the molecule is O=C1CCCc2c(O)ccc(Oc3cccc4cccc(O)c34)c21. The first-order valence-corrected chi connectivity index (χ1v) is 7.92. The number of benzene rings is 3. The van der Waals surface area contributed by atoms with Crippen molar-refractivity contribution >= 4 is 16.6 Å². The molecule has 2 N–H and O–H groups in total. The third-order valence-corrected chi connectivity index (χ3v) is 4.42. The lowest BCUT2D eigenvalue weighted by Crippen LogP contribution is -2.12. The maximum Gasteiger partial charge on any atom is 0.167 e. The van der Waals surface area contributed by atoms with Gasteiger partial charge in [-0.3, -0.25) is 4.79 Å². The first kappa shape index (κ1) is 14.6. The van der Waals surface area contributed by atoms with Crippen LogP contribution in [0.5, 0.6) is 23.0 Å². The number of carbonyl (C=O) groups excluding carboxylic acids is 1. The van der Waals surface area contributed by atoms with Crippen molar-refractivity contribution in [3.05, 3.63) is 59.7 Å². The molecule has 0 saturated heterocycles. The fraction of sp³-hybridized carbons (Fsp3) is 0.150. The van der Waals surface area contributed by atoms with Crippen LogP contribution in [0.1, 0.15) is 28.8 Å². The monoisotopic (exact) mass is 320 g/mol. The van der Waals surface area contributed by atoms with E-state index in [-0.39, 0.29) is 17.3 Å². The Morgan fingerprint density at radius 1 is 0.833 bits per heavy atom. The summed E-state index contributed by atoms with van der Waals surface area (Å²) in [5.74, 6) is 1.14. The van der Waals surface area contributed by atoms with Crippen molar-refractivity contribution in [3.63, 3.8) is 0 Å². The molecule has 0 radical (unpaired) electrons. The molecule has 3 aromatic rings. The fourth-order valence-electron chi connectivity index (χ4n) is 3.30. The zero-order valence-corrected chi connectivity index (χ0v) is 13.0. The van der Waals surface area contributed by atoms with E-state index < -0.39 is 0 Å². The van der Waals surface area contributed by atoms with Gasteiger partial charge in [-0.2, -0.15) is 0 Å². The molecule has 1 aliphatic rings. The van der Waals surface area contributed by atoms with E-state index in [2.05, 4.69) is 0 Å². The molecule has 0 heterocycles. The highest BCUT2D eigenvalue weighted by molar-refractivity contribution is 6.02. The molecule has 0 unspecified atom stereocenters. The molecule has 1 aliphatic carbocycles. The van der Waals surface area contributed by atoms with Gasteiger partial charge in [0.2, 0.25) is 0 Å². The summed E-state index contributed by atoms with van der Waals surface area (Å²) in [6.07, 6.45) is 1.84. The topological polar surface area (TPSA) is 66.8 Å². The predicted octanol–water partition coefficient (Wildman–Crippen LogP) is 4.56. The van der Waals surface area contributed by atoms with E-state index in [4.69, 9.17) is 4.74 Å². The van der Waals surface area contributed by atoms with Crippen molar-refractivity contribution in [2.24, 2.45) is 0 Å². The molecule has 4 rings (SSSR count). The Kier molecular flexibility index (Phi) is 3.38. The van der Waals surface area contributed by atoms with Crippen LogP contribution in [0.2, 0.25) is 0 Å². The number of Topliss-reactive ketones (excluding diaryl/α,β-unsaturated/α-hetero) is 1. The Morgan fingerprint density at radius 2 is 1.62 bits per heavy atom. The Morgan fingerprint density at radius 3 is 2.46 bits per heavy atom. The number of phenolic OH excluding ortho intramolecular Hbond substituents is 2. The number of ketones is 1. The molecule has 24 heavy (non-hydrogen) atoms. The van der Waals surface area contributed by atoms with E-state index in [0.29, 0.717) is 40.9 Å². The number of carbonyl (C=O) groups is 1. The second-order valence-corrected chi connectivity index (χ2v) is 5.95. The Balaban J connectivity index is 1.87. The summed E-state index contributed by atoms with van der Waals surface area (Å²) in [5, 5.41) is 21.7. The standard InChI is InChI=1S/C20H16O4/c21-14-10-11-18(20-13(14)6-3-8-16(20)23)24-17-9-2-5-12-4-1-7-15(22)19(12)17/h1-2,4-5,7,9-11,21-22H,3,6,8H2. The van der Waals surface area contributed by atoms with Crippen LogP contribution in [0.25, 0.3) is 10.8 Å². The third-order valence-electron chi connectivity index (χ3n) is 4.42. The molecule has 0 fully saturated rings. The van der Waals surface area contributed by atoms with Gasteiger partial charge in [0.15, 0.2) is 5.78 Å². The second kappa shape index (κ2) is 5.57. The molecule has 0 aliphatic heterocycles. The van der Waals surface area contributed by atoms with Crippen LogP contribution >= 0.6 is 0 Å². The second-order valence-electron chi connectivity index (χ2n) is 5.95. The van der Waals surface area contributed by atoms with Crippen LogP contribution < -0.4 is 4.74 Å². The minimum Gasteiger partial charge on any atom is -0.508 e. The lowest BCUT2D eigenvalue weighted by molar-refractivity contribution is 0.0969. The highest BCUT2D eigenvalue weighted by Gasteiger charge is 2.25. The van der Waals surface area contributed by atoms with Gasteiger partial charge < -0.3 is 14.9 Å².